The van der Waals surface area contributed by atoms with Gasteiger partial charge in [0.05, 0.1) is 5.70 Å². The molecule has 0 bridgehead atoms. The predicted octanol–water partition coefficient (Wildman–Crippen LogP) is 3.07. The molecule has 0 amide bonds. The second kappa shape index (κ2) is 3.15. The maximum atomic E-state index is 13.9. The van der Waals surface area contributed by atoms with E-state index in [2.05, 4.69) is 0 Å². The number of rotatable bonds is 0. The lowest BCUT2D eigenvalue weighted by Crippen LogP contribution is -2.70. The van der Waals surface area contributed by atoms with Crippen molar-refractivity contribution in [3.05, 3.63) is 23.9 Å². The molecule has 9 heteroatoms. The average Bonchev–Trinajstić information content (AvgIpc) is 2.26. The van der Waals surface area contributed by atoms with Gasteiger partial charge in [0.1, 0.15) is 0 Å². The van der Waals surface area contributed by atoms with E-state index in [0.717, 1.165) is 12.2 Å². The summed E-state index contributed by atoms with van der Waals surface area (Å²) in [5.41, 5.74) is -5.48. The monoisotopic (exact) mass is 262 g/mol. The van der Waals surface area contributed by atoms with Gasteiger partial charge in [0.25, 0.3) is 0 Å². The fourth-order valence-corrected chi connectivity index (χ4v) is 1.67. The first-order chi connectivity index (χ1) is 7.65. The summed E-state index contributed by atoms with van der Waals surface area (Å²) in [6, 6.07) is -5.17. The Morgan fingerprint density at radius 1 is 1.06 bits per heavy atom. The quantitative estimate of drug-likeness (QED) is 0.376. The van der Waals surface area contributed by atoms with E-state index in [1.807, 2.05) is 0 Å². The molecule has 1 unspecified atom stereocenters. The van der Waals surface area contributed by atoms with Crippen molar-refractivity contribution in [3.8, 4) is 0 Å². The van der Waals surface area contributed by atoms with Crippen molar-refractivity contribution in [2.24, 2.45) is 0 Å². The normalized spacial score (nSPS) is 35.5. The van der Waals surface area contributed by atoms with Crippen LogP contribution in [0.25, 0.3) is 0 Å². The maximum Gasteiger partial charge on any atom is 0.448 e. The smallest absolute Gasteiger partial charge is 0.228 e. The van der Waals surface area contributed by atoms with Gasteiger partial charge in [-0.05, 0) is 6.08 Å². The average molecular weight is 262 g/mol. The molecule has 2 aliphatic rings. The lowest BCUT2D eigenvalue weighted by molar-refractivity contribution is -0.466. The first kappa shape index (κ1) is 12.2. The Kier molecular flexibility index (Phi) is 2.26. The van der Waals surface area contributed by atoms with Crippen molar-refractivity contribution >= 4 is 0 Å². The van der Waals surface area contributed by atoms with E-state index in [1.165, 1.54) is 0 Å². The summed E-state index contributed by atoms with van der Waals surface area (Å²) >= 11 is 0. The summed E-state index contributed by atoms with van der Waals surface area (Å²) < 4.78 is 91.8. The molecule has 1 saturated heterocycles. The lowest BCUT2D eigenvalue weighted by atomic mass is 9.89. The Hall–Kier alpha value is -1.25. The lowest BCUT2D eigenvalue weighted by Gasteiger charge is -2.47. The number of fused-ring (bicyclic) bond motifs is 1. The van der Waals surface area contributed by atoms with Gasteiger partial charge in [-0.3, -0.25) is 0 Å². The molecule has 0 aromatic carbocycles. The van der Waals surface area contributed by atoms with Gasteiger partial charge in [0.15, 0.2) is 0 Å². The topological polar surface area (TPSA) is 6.48 Å². The first-order valence-corrected chi connectivity index (χ1v) is 4.39. The Balaban J connectivity index is 2.61. The van der Waals surface area contributed by atoms with Gasteiger partial charge in [0, 0.05) is 11.5 Å². The molecule has 0 N–H and O–H groups in total. The second-order valence-electron chi connectivity index (χ2n) is 3.60. The number of allylic oxidation sites excluding steroid dienone is 3. The number of nitrogens with zero attached hydrogens (tertiary/aromatic N) is 2. The molecule has 0 radical (unpaired) electrons. The predicted molar refractivity (Wildman–Crippen MR) is 41.5 cm³/mol. The van der Waals surface area contributed by atoms with Crippen LogP contribution < -0.4 is 0 Å². The molecule has 0 aromatic heterocycles. The van der Waals surface area contributed by atoms with Crippen molar-refractivity contribution in [2.45, 2.75) is 24.3 Å². The van der Waals surface area contributed by atoms with Gasteiger partial charge in [0.2, 0.25) is 5.67 Å². The molecule has 96 valence electrons. The Morgan fingerprint density at radius 2 is 1.65 bits per heavy atom. The van der Waals surface area contributed by atoms with Crippen molar-refractivity contribution in [1.29, 1.82) is 0 Å². The molecule has 1 atom stereocenters. The largest absolute Gasteiger partial charge is 0.448 e. The van der Waals surface area contributed by atoms with Crippen LogP contribution in [0, 0.1) is 0 Å². The number of hydrogen-bond acceptors (Lipinski definition) is 2. The summed E-state index contributed by atoms with van der Waals surface area (Å²) in [4.78, 5) is 0. The Labute approximate surface area is 90.5 Å². The minimum atomic E-state index is -5.27. The third-order valence-electron chi connectivity index (χ3n) is 2.60. The highest BCUT2D eigenvalue weighted by Crippen LogP contribution is 2.55. The molecule has 1 fully saturated rings. The zero-order valence-electron chi connectivity index (χ0n) is 7.98. The van der Waals surface area contributed by atoms with Crippen molar-refractivity contribution in [2.75, 3.05) is 0 Å². The van der Waals surface area contributed by atoms with E-state index in [9.17, 15) is 30.9 Å². The van der Waals surface area contributed by atoms with Crippen LogP contribution in [0.2, 0.25) is 0 Å². The fraction of sp³-hybridized carbons (Fsp3) is 0.500. The van der Waals surface area contributed by atoms with E-state index < -0.39 is 40.2 Å². The number of hydrogen-bond donors (Lipinski definition) is 0. The molecule has 0 saturated carbocycles. The Morgan fingerprint density at radius 3 is 2.24 bits per heavy atom. The number of alkyl halides is 5. The van der Waals surface area contributed by atoms with Crippen LogP contribution in [0.4, 0.5) is 30.9 Å². The highest BCUT2D eigenvalue weighted by atomic mass is 19.3. The summed E-state index contributed by atoms with van der Waals surface area (Å²) in [6.45, 7) is 0. The van der Waals surface area contributed by atoms with Crippen LogP contribution in [0.3, 0.4) is 0 Å². The minimum Gasteiger partial charge on any atom is -0.228 e. The van der Waals surface area contributed by atoms with E-state index >= 15 is 0 Å². The van der Waals surface area contributed by atoms with Gasteiger partial charge < -0.3 is 0 Å². The van der Waals surface area contributed by atoms with Crippen LogP contribution in [0.5, 0.6) is 0 Å². The maximum absolute atomic E-state index is 13.9. The van der Waals surface area contributed by atoms with Gasteiger partial charge in [-0.25, -0.2) is 4.39 Å². The van der Waals surface area contributed by atoms with Gasteiger partial charge >= 0.3 is 12.2 Å². The number of halogens is 7. The second-order valence-corrected chi connectivity index (χ2v) is 3.60. The van der Waals surface area contributed by atoms with E-state index in [4.69, 9.17) is 0 Å². The van der Waals surface area contributed by atoms with Crippen LogP contribution in [0.15, 0.2) is 23.9 Å². The summed E-state index contributed by atoms with van der Waals surface area (Å²) in [5.74, 6) is 0. The Bertz CT molecular complexity index is 405. The van der Waals surface area contributed by atoms with Crippen molar-refractivity contribution < 1.29 is 30.9 Å². The highest BCUT2D eigenvalue weighted by molar-refractivity contribution is 5.32. The fourth-order valence-electron chi connectivity index (χ4n) is 1.67. The highest BCUT2D eigenvalue weighted by Gasteiger charge is 2.76. The van der Waals surface area contributed by atoms with Crippen LogP contribution in [-0.2, 0) is 0 Å². The molecule has 1 aliphatic heterocycles. The van der Waals surface area contributed by atoms with Crippen LogP contribution >= 0.6 is 0 Å². The van der Waals surface area contributed by atoms with Crippen molar-refractivity contribution in [3.63, 3.8) is 0 Å². The molecule has 1 aliphatic carbocycles. The molecular formula is C8H5F7N2. The minimum absolute atomic E-state index is 0.415. The SMILES string of the molecule is FN1C2=CC=CCC2(F)C(F)(F)N(F)C1(F)F. The standard InChI is InChI=1S/C8H5F7N2/c9-6-4-2-1-3-5(6)16(14)8(12,13)17(15)7(6,10)11/h1-3H,4H2. The molecular weight excluding hydrogens is 257 g/mol. The molecule has 1 heterocycles. The summed E-state index contributed by atoms with van der Waals surface area (Å²) in [6.07, 6.45) is -4.17. The summed E-state index contributed by atoms with van der Waals surface area (Å²) in [7, 11) is 0. The van der Waals surface area contributed by atoms with E-state index in [-0.39, 0.29) is 0 Å². The van der Waals surface area contributed by atoms with Crippen molar-refractivity contribution in [1.82, 2.24) is 10.2 Å². The van der Waals surface area contributed by atoms with Gasteiger partial charge in [-0.2, -0.15) is 17.6 Å². The third-order valence-corrected chi connectivity index (χ3v) is 2.60. The van der Waals surface area contributed by atoms with E-state index in [1.54, 1.807) is 0 Å². The molecule has 2 nitrogen and oxygen atoms in total. The third kappa shape index (κ3) is 1.25. The molecule has 0 spiro atoms. The molecule has 0 aromatic rings. The van der Waals surface area contributed by atoms with Crippen LogP contribution in [-0.4, -0.2) is 28.1 Å². The summed E-state index contributed by atoms with van der Waals surface area (Å²) in [5, 5.41) is -4.04. The zero-order chi connectivity index (χ0) is 13.1. The first-order valence-electron chi connectivity index (χ1n) is 4.39. The van der Waals surface area contributed by atoms with E-state index in [0.29, 0.717) is 6.08 Å². The van der Waals surface area contributed by atoms with Gasteiger partial charge in [-0.1, -0.05) is 16.6 Å². The van der Waals surface area contributed by atoms with Crippen LogP contribution in [0.1, 0.15) is 6.42 Å². The van der Waals surface area contributed by atoms with Gasteiger partial charge in [-0.15, -0.1) is 9.60 Å². The molecule has 2 rings (SSSR count). The molecule has 17 heavy (non-hydrogen) atoms. The zero-order valence-corrected chi connectivity index (χ0v) is 7.98.